The van der Waals surface area contributed by atoms with Gasteiger partial charge in [-0.15, -0.1) is 0 Å². The van der Waals surface area contributed by atoms with Crippen LogP contribution in [0.4, 0.5) is 10.1 Å². The lowest BCUT2D eigenvalue weighted by atomic mass is 10.0. The van der Waals surface area contributed by atoms with Crippen LogP contribution in [0.3, 0.4) is 0 Å². The summed E-state index contributed by atoms with van der Waals surface area (Å²) in [5.74, 6) is -0.825. The molecule has 2 heterocycles. The summed E-state index contributed by atoms with van der Waals surface area (Å²) >= 11 is 6.26. The van der Waals surface area contributed by atoms with Gasteiger partial charge in [0.15, 0.2) is 0 Å². The van der Waals surface area contributed by atoms with Crippen molar-refractivity contribution < 1.29 is 14.0 Å². The number of piperidine rings is 1. The summed E-state index contributed by atoms with van der Waals surface area (Å²) in [6.07, 6.45) is 2.22. The highest BCUT2D eigenvalue weighted by Gasteiger charge is 2.38. The molecule has 2 aliphatic rings. The maximum absolute atomic E-state index is 13.8. The van der Waals surface area contributed by atoms with Gasteiger partial charge in [-0.1, -0.05) is 35.9 Å². The Hall–Kier alpha value is -2.44. The molecule has 4 rings (SSSR count). The number of hydrogen-bond acceptors (Lipinski definition) is 3. The van der Waals surface area contributed by atoms with E-state index < -0.39 is 5.82 Å². The van der Waals surface area contributed by atoms with Gasteiger partial charge in [0.1, 0.15) is 5.82 Å². The molecule has 0 bridgehead atoms. The maximum Gasteiger partial charge on any atom is 0.254 e. The molecule has 2 amide bonds. The zero-order valence-electron chi connectivity index (χ0n) is 16.0. The molecule has 2 aromatic rings. The Balaban J connectivity index is 1.33. The summed E-state index contributed by atoms with van der Waals surface area (Å²) < 4.78 is 13.8. The van der Waals surface area contributed by atoms with E-state index in [0.29, 0.717) is 11.6 Å². The lowest BCUT2D eigenvalue weighted by molar-refractivity contribution is -0.122. The minimum atomic E-state index is -0.515. The summed E-state index contributed by atoms with van der Waals surface area (Å²) in [5.41, 5.74) is 0.824. The van der Waals surface area contributed by atoms with Gasteiger partial charge in [0.2, 0.25) is 5.91 Å². The molecule has 0 radical (unpaired) electrons. The van der Waals surface area contributed by atoms with Gasteiger partial charge in [-0.25, -0.2) is 4.39 Å². The first kappa shape index (κ1) is 19.9. The van der Waals surface area contributed by atoms with Gasteiger partial charge in [-0.2, -0.15) is 0 Å². The van der Waals surface area contributed by atoms with Crippen LogP contribution in [0.5, 0.6) is 0 Å². The van der Waals surface area contributed by atoms with Crippen LogP contribution in [0.2, 0.25) is 5.02 Å². The molecule has 2 saturated heterocycles. The maximum atomic E-state index is 13.8. The van der Waals surface area contributed by atoms with Gasteiger partial charge in [-0.3, -0.25) is 14.5 Å². The Morgan fingerprint density at radius 3 is 2.41 bits per heavy atom. The van der Waals surface area contributed by atoms with E-state index in [2.05, 4.69) is 10.2 Å². The average Bonchev–Trinajstić information content (AvgIpc) is 3.10. The number of carbonyl (C=O) groups excluding carboxylic acids is 2. The number of para-hydroxylation sites is 1. The van der Waals surface area contributed by atoms with Crippen LogP contribution in [-0.2, 0) is 4.79 Å². The molecule has 1 unspecified atom stereocenters. The van der Waals surface area contributed by atoms with Gasteiger partial charge < -0.3 is 10.2 Å². The van der Waals surface area contributed by atoms with Crippen LogP contribution < -0.4 is 10.2 Å². The van der Waals surface area contributed by atoms with Crippen molar-refractivity contribution in [2.24, 2.45) is 0 Å². The number of nitrogens with zero attached hydrogens (tertiary/aromatic N) is 2. The molecule has 0 aliphatic carbocycles. The van der Waals surface area contributed by atoms with Crippen LogP contribution in [0.1, 0.15) is 29.6 Å². The molecule has 0 spiro atoms. The summed E-state index contributed by atoms with van der Waals surface area (Å²) in [5, 5.41) is 3.50. The molecule has 2 fully saturated rings. The number of nitrogens with one attached hydrogen (secondary N) is 1. The first-order valence-electron chi connectivity index (χ1n) is 9.90. The number of rotatable bonds is 4. The fourth-order valence-electron chi connectivity index (χ4n) is 4.18. The van der Waals surface area contributed by atoms with Gasteiger partial charge >= 0.3 is 0 Å². The first-order valence-corrected chi connectivity index (χ1v) is 10.3. The average molecular weight is 416 g/mol. The Labute approximate surface area is 174 Å². The van der Waals surface area contributed by atoms with Crippen molar-refractivity contribution in [1.82, 2.24) is 10.2 Å². The fourth-order valence-corrected chi connectivity index (χ4v) is 4.42. The molecule has 5 nitrogen and oxygen atoms in total. The molecule has 2 aliphatic heterocycles. The van der Waals surface area contributed by atoms with Crippen molar-refractivity contribution in [2.45, 2.75) is 31.3 Å². The number of likely N-dealkylation sites (tertiary alicyclic amines) is 1. The van der Waals surface area contributed by atoms with Crippen LogP contribution in [-0.4, -0.2) is 48.4 Å². The molecule has 7 heteroatoms. The van der Waals surface area contributed by atoms with E-state index >= 15 is 0 Å². The Morgan fingerprint density at radius 1 is 1.00 bits per heavy atom. The van der Waals surface area contributed by atoms with E-state index in [-0.39, 0.29) is 29.5 Å². The van der Waals surface area contributed by atoms with E-state index in [1.807, 2.05) is 18.2 Å². The predicted molar refractivity (Wildman–Crippen MR) is 111 cm³/mol. The predicted octanol–water partition coefficient (Wildman–Crippen LogP) is 3.48. The summed E-state index contributed by atoms with van der Waals surface area (Å²) in [6.45, 7) is 2.08. The summed E-state index contributed by atoms with van der Waals surface area (Å²) in [7, 11) is 0. The highest BCUT2D eigenvalue weighted by atomic mass is 35.5. The van der Waals surface area contributed by atoms with Crippen LogP contribution in [0, 0.1) is 5.82 Å². The Kier molecular flexibility index (Phi) is 5.83. The Bertz CT molecular complexity index is 914. The Morgan fingerprint density at radius 2 is 1.69 bits per heavy atom. The molecule has 29 heavy (non-hydrogen) atoms. The minimum Gasteiger partial charge on any atom is -0.349 e. The number of hydrogen-bond donors (Lipinski definition) is 1. The largest absolute Gasteiger partial charge is 0.349 e. The van der Waals surface area contributed by atoms with Gasteiger partial charge in [0.05, 0.1) is 22.3 Å². The second-order valence-corrected chi connectivity index (χ2v) is 7.92. The molecule has 0 saturated carbocycles. The molecule has 0 aromatic heterocycles. The number of anilines is 1. The normalized spacial score (nSPS) is 20.8. The molecule has 2 aromatic carbocycles. The van der Waals surface area contributed by atoms with E-state index in [4.69, 9.17) is 11.6 Å². The lowest BCUT2D eigenvalue weighted by Crippen LogP contribution is -2.50. The quantitative estimate of drug-likeness (QED) is 0.831. The van der Waals surface area contributed by atoms with Gasteiger partial charge in [-0.05, 0) is 43.5 Å². The zero-order valence-corrected chi connectivity index (χ0v) is 16.7. The highest BCUT2D eigenvalue weighted by Crippen LogP contribution is 2.31. The van der Waals surface area contributed by atoms with Crippen LogP contribution in [0.25, 0.3) is 0 Å². The topological polar surface area (TPSA) is 52.7 Å². The SMILES string of the molecule is O=C(NC1CCN(C2CCN(c3ccccc3Cl)C2=O)CC1)c1ccccc1F. The monoisotopic (exact) mass is 415 g/mol. The van der Waals surface area contributed by atoms with Gasteiger partial charge in [0, 0.05) is 25.7 Å². The van der Waals surface area contributed by atoms with E-state index in [1.165, 1.54) is 12.1 Å². The summed E-state index contributed by atoms with van der Waals surface area (Å²) in [4.78, 5) is 29.2. The van der Waals surface area contributed by atoms with E-state index in [0.717, 1.165) is 38.0 Å². The second kappa shape index (κ2) is 8.51. The van der Waals surface area contributed by atoms with Crippen LogP contribution in [0.15, 0.2) is 48.5 Å². The summed E-state index contributed by atoms with van der Waals surface area (Å²) in [6, 6.07) is 13.2. The standard InChI is InChI=1S/C22H23ClFN3O2/c23-17-6-2-4-8-19(17)27-14-11-20(22(27)29)26-12-9-15(10-13-26)25-21(28)16-5-1-3-7-18(16)24/h1-8,15,20H,9-14H2,(H,25,28). The fraction of sp³-hybridized carbons (Fsp3) is 0.364. The third-order valence-electron chi connectivity index (χ3n) is 5.74. The molecule has 152 valence electrons. The van der Waals surface area contributed by atoms with Crippen molar-refractivity contribution in [3.8, 4) is 0 Å². The van der Waals surface area contributed by atoms with Crippen molar-refractivity contribution in [3.05, 3.63) is 64.9 Å². The van der Waals surface area contributed by atoms with E-state index in [1.54, 1.807) is 23.1 Å². The second-order valence-electron chi connectivity index (χ2n) is 7.51. The van der Waals surface area contributed by atoms with Crippen molar-refractivity contribution in [2.75, 3.05) is 24.5 Å². The number of amides is 2. The third kappa shape index (κ3) is 4.14. The van der Waals surface area contributed by atoms with Crippen LogP contribution >= 0.6 is 11.6 Å². The highest BCUT2D eigenvalue weighted by molar-refractivity contribution is 6.33. The molecular formula is C22H23ClFN3O2. The van der Waals surface area contributed by atoms with E-state index in [9.17, 15) is 14.0 Å². The molecular weight excluding hydrogens is 393 g/mol. The molecule has 1 atom stereocenters. The van der Waals surface area contributed by atoms with Gasteiger partial charge in [0.25, 0.3) is 5.91 Å². The minimum absolute atomic E-state index is 0.0190. The number of benzene rings is 2. The van der Waals surface area contributed by atoms with Crippen molar-refractivity contribution in [1.29, 1.82) is 0 Å². The third-order valence-corrected chi connectivity index (χ3v) is 6.06. The molecule has 1 N–H and O–H groups in total. The first-order chi connectivity index (χ1) is 14.0. The lowest BCUT2D eigenvalue weighted by Gasteiger charge is -2.35. The zero-order chi connectivity index (χ0) is 20.4. The van der Waals surface area contributed by atoms with Crippen molar-refractivity contribution in [3.63, 3.8) is 0 Å². The smallest absolute Gasteiger partial charge is 0.254 e. The number of halogens is 2. The number of carbonyl (C=O) groups is 2. The van der Waals surface area contributed by atoms with Crippen molar-refractivity contribution >= 4 is 29.1 Å².